The predicted octanol–water partition coefficient (Wildman–Crippen LogP) is -0.257. The fraction of sp³-hybridized carbons (Fsp3) is 0.333. The van der Waals surface area contributed by atoms with Crippen LogP contribution >= 0.6 is 0 Å². The van der Waals surface area contributed by atoms with Crippen LogP contribution in [0.25, 0.3) is 5.70 Å². The Morgan fingerprint density at radius 2 is 2.50 bits per heavy atom. The van der Waals surface area contributed by atoms with Crippen LogP contribution in [0.1, 0.15) is 12.0 Å². The number of aromatic nitrogens is 1. The van der Waals surface area contributed by atoms with Gasteiger partial charge in [-0.25, -0.2) is 0 Å². The smallest absolute Gasteiger partial charge is 0.320 e. The van der Waals surface area contributed by atoms with E-state index in [0.717, 1.165) is 5.56 Å². The predicted molar refractivity (Wildman–Crippen MR) is 67.4 cm³/mol. The highest BCUT2D eigenvalue weighted by Gasteiger charge is 2.28. The molecule has 1 aliphatic rings. The normalized spacial score (nSPS) is 23.9. The van der Waals surface area contributed by atoms with E-state index in [9.17, 15) is 4.79 Å². The zero-order valence-electron chi connectivity index (χ0n) is 9.84. The van der Waals surface area contributed by atoms with Crippen LogP contribution < -0.4 is 16.4 Å². The van der Waals surface area contributed by atoms with Crippen LogP contribution in [-0.2, 0) is 4.79 Å². The fourth-order valence-electron chi connectivity index (χ4n) is 1.88. The van der Waals surface area contributed by atoms with Gasteiger partial charge in [0.25, 0.3) is 0 Å². The van der Waals surface area contributed by atoms with E-state index in [-0.39, 0.29) is 6.04 Å². The van der Waals surface area contributed by atoms with Crippen molar-refractivity contribution in [3.05, 3.63) is 36.3 Å². The topological polar surface area (TPSA) is 100 Å². The standard InChI is InChI=1S/C12H16N4O2/c13-10(8-2-1-3-14-5-8)7-15-9-4-11(12(17)18)16-6-9/h1-3,5,7,9,11,15-16H,4,6,13H2,(H,17,18)/b10-7-. The summed E-state index contributed by atoms with van der Waals surface area (Å²) in [6.45, 7) is 0.619. The zero-order valence-corrected chi connectivity index (χ0v) is 9.84. The molecule has 6 heteroatoms. The Hall–Kier alpha value is -2.08. The van der Waals surface area contributed by atoms with Gasteiger partial charge < -0.3 is 21.5 Å². The number of nitrogens with two attached hydrogens (primary N) is 1. The number of aliphatic carboxylic acids is 1. The molecule has 0 bridgehead atoms. The summed E-state index contributed by atoms with van der Waals surface area (Å²) in [7, 11) is 0. The van der Waals surface area contributed by atoms with Gasteiger partial charge in [-0.15, -0.1) is 0 Å². The lowest BCUT2D eigenvalue weighted by Gasteiger charge is -2.10. The molecule has 1 aromatic heterocycles. The Morgan fingerprint density at radius 3 is 3.11 bits per heavy atom. The minimum Gasteiger partial charge on any atom is -0.480 e. The monoisotopic (exact) mass is 248 g/mol. The van der Waals surface area contributed by atoms with Crippen LogP contribution in [0.3, 0.4) is 0 Å². The first-order valence-corrected chi connectivity index (χ1v) is 5.75. The number of rotatable bonds is 4. The number of carboxylic acid groups (broad SMARTS) is 1. The van der Waals surface area contributed by atoms with E-state index in [1.165, 1.54) is 0 Å². The highest BCUT2D eigenvalue weighted by atomic mass is 16.4. The van der Waals surface area contributed by atoms with Crippen LogP contribution in [0.4, 0.5) is 0 Å². The Labute approximate surface area is 105 Å². The third kappa shape index (κ3) is 2.98. The molecule has 0 spiro atoms. The van der Waals surface area contributed by atoms with Crippen LogP contribution in [0.15, 0.2) is 30.7 Å². The summed E-state index contributed by atoms with van der Waals surface area (Å²) in [5, 5.41) is 14.9. The molecular weight excluding hydrogens is 232 g/mol. The average molecular weight is 248 g/mol. The Morgan fingerprint density at radius 1 is 1.67 bits per heavy atom. The van der Waals surface area contributed by atoms with Crippen molar-refractivity contribution in [3.63, 3.8) is 0 Å². The van der Waals surface area contributed by atoms with Crippen molar-refractivity contribution in [1.29, 1.82) is 0 Å². The van der Waals surface area contributed by atoms with Gasteiger partial charge in [0.1, 0.15) is 6.04 Å². The first kappa shape index (κ1) is 12.4. The van der Waals surface area contributed by atoms with E-state index >= 15 is 0 Å². The summed E-state index contributed by atoms with van der Waals surface area (Å²) in [6.07, 6.45) is 5.61. The van der Waals surface area contributed by atoms with Gasteiger partial charge in [0, 0.05) is 36.7 Å². The second-order valence-electron chi connectivity index (χ2n) is 4.24. The van der Waals surface area contributed by atoms with Crippen LogP contribution in [0, 0.1) is 0 Å². The summed E-state index contributed by atoms with van der Waals surface area (Å²) in [4.78, 5) is 14.8. The van der Waals surface area contributed by atoms with Gasteiger partial charge >= 0.3 is 5.97 Å². The molecule has 0 amide bonds. The molecule has 18 heavy (non-hydrogen) atoms. The number of hydrogen-bond acceptors (Lipinski definition) is 5. The van der Waals surface area contributed by atoms with Gasteiger partial charge in [0.15, 0.2) is 0 Å². The summed E-state index contributed by atoms with van der Waals surface area (Å²) >= 11 is 0. The van der Waals surface area contributed by atoms with E-state index in [4.69, 9.17) is 10.8 Å². The summed E-state index contributed by atoms with van der Waals surface area (Å²) in [6, 6.07) is 3.29. The maximum atomic E-state index is 10.8. The molecule has 2 unspecified atom stereocenters. The lowest BCUT2D eigenvalue weighted by molar-refractivity contribution is -0.139. The molecule has 0 aromatic carbocycles. The summed E-state index contributed by atoms with van der Waals surface area (Å²) in [5.41, 5.74) is 7.31. The molecule has 2 heterocycles. The number of carbonyl (C=O) groups is 1. The average Bonchev–Trinajstić information content (AvgIpc) is 2.86. The van der Waals surface area contributed by atoms with Gasteiger partial charge in [-0.3, -0.25) is 9.78 Å². The molecular formula is C12H16N4O2. The highest BCUT2D eigenvalue weighted by molar-refractivity contribution is 5.74. The van der Waals surface area contributed by atoms with Crippen molar-refractivity contribution in [1.82, 2.24) is 15.6 Å². The highest BCUT2D eigenvalue weighted by Crippen LogP contribution is 2.09. The van der Waals surface area contributed by atoms with Crippen LogP contribution in [0.5, 0.6) is 0 Å². The molecule has 1 saturated heterocycles. The maximum Gasteiger partial charge on any atom is 0.320 e. The lowest BCUT2D eigenvalue weighted by Crippen LogP contribution is -2.30. The number of nitrogens with zero attached hydrogens (tertiary/aromatic N) is 1. The van der Waals surface area contributed by atoms with Crippen molar-refractivity contribution < 1.29 is 9.90 Å². The molecule has 2 atom stereocenters. The number of carboxylic acids is 1. The molecule has 0 radical (unpaired) electrons. The Balaban J connectivity index is 1.90. The first-order chi connectivity index (χ1) is 8.66. The third-order valence-corrected chi connectivity index (χ3v) is 2.90. The Kier molecular flexibility index (Phi) is 3.78. The quantitative estimate of drug-likeness (QED) is 0.586. The van der Waals surface area contributed by atoms with Gasteiger partial charge in [0.2, 0.25) is 0 Å². The molecule has 5 N–H and O–H groups in total. The number of pyridine rings is 1. The molecule has 0 aliphatic carbocycles. The van der Waals surface area contributed by atoms with Crippen molar-refractivity contribution in [2.24, 2.45) is 5.73 Å². The molecule has 1 fully saturated rings. The van der Waals surface area contributed by atoms with Crippen molar-refractivity contribution in [3.8, 4) is 0 Å². The maximum absolute atomic E-state index is 10.8. The molecule has 1 aliphatic heterocycles. The van der Waals surface area contributed by atoms with Gasteiger partial charge in [0.05, 0.1) is 5.70 Å². The third-order valence-electron chi connectivity index (χ3n) is 2.90. The second kappa shape index (κ2) is 5.50. The number of nitrogens with one attached hydrogen (secondary N) is 2. The van der Waals surface area contributed by atoms with Crippen molar-refractivity contribution in [2.45, 2.75) is 18.5 Å². The van der Waals surface area contributed by atoms with Gasteiger partial charge in [-0.05, 0) is 18.6 Å². The molecule has 0 saturated carbocycles. The lowest BCUT2D eigenvalue weighted by atomic mass is 10.1. The van der Waals surface area contributed by atoms with E-state index in [0.29, 0.717) is 18.7 Å². The minimum atomic E-state index is -0.816. The first-order valence-electron chi connectivity index (χ1n) is 5.75. The largest absolute Gasteiger partial charge is 0.480 e. The summed E-state index contributed by atoms with van der Waals surface area (Å²) < 4.78 is 0. The Bertz CT molecular complexity index is 447. The van der Waals surface area contributed by atoms with E-state index in [1.807, 2.05) is 12.1 Å². The summed E-state index contributed by atoms with van der Waals surface area (Å²) in [5.74, 6) is -0.816. The van der Waals surface area contributed by atoms with Gasteiger partial charge in [-0.1, -0.05) is 0 Å². The molecule has 1 aromatic rings. The van der Waals surface area contributed by atoms with Crippen molar-refractivity contribution >= 4 is 11.7 Å². The van der Waals surface area contributed by atoms with E-state index < -0.39 is 12.0 Å². The van der Waals surface area contributed by atoms with Crippen LogP contribution in [0.2, 0.25) is 0 Å². The molecule has 2 rings (SSSR count). The van der Waals surface area contributed by atoms with Crippen molar-refractivity contribution in [2.75, 3.05) is 6.54 Å². The molecule has 96 valence electrons. The van der Waals surface area contributed by atoms with Crippen LogP contribution in [-0.4, -0.2) is 34.7 Å². The minimum absolute atomic E-state index is 0.0846. The SMILES string of the molecule is N/C(=C\NC1CNC(C(=O)O)C1)c1cccnc1. The fourth-order valence-corrected chi connectivity index (χ4v) is 1.88. The van der Waals surface area contributed by atoms with E-state index in [2.05, 4.69) is 15.6 Å². The second-order valence-corrected chi connectivity index (χ2v) is 4.24. The zero-order chi connectivity index (χ0) is 13.0. The van der Waals surface area contributed by atoms with E-state index in [1.54, 1.807) is 18.6 Å². The number of hydrogen-bond donors (Lipinski definition) is 4. The van der Waals surface area contributed by atoms with Gasteiger partial charge in [-0.2, -0.15) is 0 Å². The molecule has 6 nitrogen and oxygen atoms in total.